The Labute approximate surface area is 117 Å². The molecule has 0 aliphatic carbocycles. The average Bonchev–Trinajstić information content (AvgIpc) is 2.32. The minimum absolute atomic E-state index is 0.109. The Morgan fingerprint density at radius 3 is 2.89 bits per heavy atom. The van der Waals surface area contributed by atoms with Gasteiger partial charge in [-0.15, -0.1) is 0 Å². The number of carbonyl (C=O) groups excluding carboxylic acids is 1. The van der Waals surface area contributed by atoms with Crippen LogP contribution in [0.15, 0.2) is 17.1 Å². The van der Waals surface area contributed by atoms with Crippen molar-refractivity contribution in [3.8, 4) is 0 Å². The fourth-order valence-electron chi connectivity index (χ4n) is 2.48. The highest BCUT2D eigenvalue weighted by atomic mass is 35.5. The minimum atomic E-state index is -0.272. The number of amides is 1. The van der Waals surface area contributed by atoms with Crippen molar-refractivity contribution in [3.05, 3.63) is 27.6 Å². The molecule has 1 atom stereocenters. The Balaban J connectivity index is 2.37. The number of nitrogens with one attached hydrogen (secondary N) is 1. The lowest BCUT2D eigenvalue weighted by Crippen LogP contribution is -2.38. The highest BCUT2D eigenvalue weighted by Crippen LogP contribution is 2.21. The number of rotatable bonds is 2. The number of likely N-dealkylation sites (N-methyl/N-ethyl adjacent to an activating group) is 1. The van der Waals surface area contributed by atoms with Gasteiger partial charge in [0.1, 0.15) is 5.69 Å². The van der Waals surface area contributed by atoms with E-state index in [0.717, 1.165) is 25.9 Å². The zero-order valence-electron chi connectivity index (χ0n) is 11.1. The van der Waals surface area contributed by atoms with Crippen LogP contribution in [0, 0.1) is 0 Å². The van der Waals surface area contributed by atoms with Crippen LogP contribution < -0.4 is 10.9 Å². The van der Waals surface area contributed by atoms with Gasteiger partial charge in [0.25, 0.3) is 5.56 Å². The van der Waals surface area contributed by atoms with Crippen molar-refractivity contribution in [2.45, 2.75) is 25.8 Å². The zero-order chi connectivity index (χ0) is 14.0. The number of carbonyl (C=O) groups is 1. The molecule has 0 radical (unpaired) electrons. The van der Waals surface area contributed by atoms with Crippen molar-refractivity contribution < 1.29 is 4.79 Å². The first-order valence-corrected chi connectivity index (χ1v) is 6.73. The third kappa shape index (κ3) is 3.36. The molecule has 0 saturated carbocycles. The molecule has 104 valence electrons. The van der Waals surface area contributed by atoms with E-state index < -0.39 is 0 Å². The Hall–Kier alpha value is -1.33. The predicted molar refractivity (Wildman–Crippen MR) is 75.8 cm³/mol. The second kappa shape index (κ2) is 5.75. The predicted octanol–water partition coefficient (Wildman–Crippen LogP) is 1.73. The molecule has 19 heavy (non-hydrogen) atoms. The fraction of sp³-hybridized carbons (Fsp3) is 0.538. The third-order valence-electron chi connectivity index (χ3n) is 3.31. The molecule has 2 heterocycles. The van der Waals surface area contributed by atoms with Crippen molar-refractivity contribution in [2.75, 3.05) is 25.5 Å². The molecule has 0 bridgehead atoms. The van der Waals surface area contributed by atoms with Gasteiger partial charge in [-0.3, -0.25) is 9.59 Å². The van der Waals surface area contributed by atoms with Gasteiger partial charge >= 0.3 is 0 Å². The maximum atomic E-state index is 12.3. The highest BCUT2D eigenvalue weighted by Gasteiger charge is 2.21. The summed E-state index contributed by atoms with van der Waals surface area (Å²) in [6.45, 7) is 3.24. The van der Waals surface area contributed by atoms with Gasteiger partial charge in [0.15, 0.2) is 0 Å². The van der Waals surface area contributed by atoms with E-state index in [1.807, 2.05) is 7.05 Å². The molecule has 1 N–H and O–H groups in total. The van der Waals surface area contributed by atoms with Gasteiger partial charge in [0.05, 0.1) is 5.02 Å². The topological polar surface area (TPSA) is 54.3 Å². The van der Waals surface area contributed by atoms with Crippen molar-refractivity contribution in [1.29, 1.82) is 0 Å². The first-order valence-electron chi connectivity index (χ1n) is 6.35. The Morgan fingerprint density at radius 1 is 1.53 bits per heavy atom. The summed E-state index contributed by atoms with van der Waals surface area (Å²) in [6.07, 6.45) is 3.65. The second-order valence-electron chi connectivity index (χ2n) is 5.02. The third-order valence-corrected chi connectivity index (χ3v) is 3.52. The number of aromatic nitrogens is 1. The first-order chi connectivity index (χ1) is 8.97. The van der Waals surface area contributed by atoms with E-state index in [2.05, 4.69) is 10.2 Å². The van der Waals surface area contributed by atoms with Crippen LogP contribution in [-0.4, -0.2) is 35.5 Å². The molecule has 2 rings (SSSR count). The van der Waals surface area contributed by atoms with E-state index in [4.69, 9.17) is 11.6 Å². The lowest BCUT2D eigenvalue weighted by molar-refractivity contribution is -0.114. The summed E-state index contributed by atoms with van der Waals surface area (Å²) in [5.41, 5.74) is 0.0492. The van der Waals surface area contributed by atoms with E-state index in [1.165, 1.54) is 13.0 Å². The number of piperidine rings is 1. The van der Waals surface area contributed by atoms with Crippen molar-refractivity contribution >= 4 is 23.2 Å². The summed E-state index contributed by atoms with van der Waals surface area (Å²) in [7, 11) is 2.04. The van der Waals surface area contributed by atoms with E-state index in [9.17, 15) is 9.59 Å². The Morgan fingerprint density at radius 2 is 2.26 bits per heavy atom. The molecule has 5 nitrogen and oxygen atoms in total. The number of anilines is 1. The first kappa shape index (κ1) is 14.1. The van der Waals surface area contributed by atoms with Crippen LogP contribution in [0.5, 0.6) is 0 Å². The SMILES string of the molecule is CC(=O)Nc1cc(Cl)cn(C2CCCN(C)C2)c1=O. The maximum Gasteiger partial charge on any atom is 0.274 e. The van der Waals surface area contributed by atoms with Gasteiger partial charge in [-0.25, -0.2) is 0 Å². The fourth-order valence-corrected chi connectivity index (χ4v) is 2.70. The van der Waals surface area contributed by atoms with Gasteiger partial charge < -0.3 is 14.8 Å². The van der Waals surface area contributed by atoms with Gasteiger partial charge in [-0.1, -0.05) is 11.6 Å². The number of nitrogens with zero attached hydrogens (tertiary/aromatic N) is 2. The van der Waals surface area contributed by atoms with Crippen LogP contribution in [0.4, 0.5) is 5.69 Å². The molecule has 0 spiro atoms. The van der Waals surface area contributed by atoms with Crippen LogP contribution in [0.1, 0.15) is 25.8 Å². The number of pyridine rings is 1. The summed E-state index contributed by atoms with van der Waals surface area (Å²) in [4.78, 5) is 25.6. The van der Waals surface area contributed by atoms with Crippen LogP contribution in [0.3, 0.4) is 0 Å². The lowest BCUT2D eigenvalue weighted by atomic mass is 10.1. The summed E-state index contributed by atoms with van der Waals surface area (Å²) in [6, 6.07) is 1.60. The number of halogens is 1. The molecule has 0 aromatic carbocycles. The van der Waals surface area contributed by atoms with Gasteiger partial charge in [0.2, 0.25) is 5.91 Å². The molecule has 1 unspecified atom stereocenters. The molecule has 1 fully saturated rings. The summed E-state index contributed by atoms with van der Waals surface area (Å²) >= 11 is 6.04. The van der Waals surface area contributed by atoms with E-state index in [-0.39, 0.29) is 23.2 Å². The smallest absolute Gasteiger partial charge is 0.274 e. The molecule has 1 aromatic heterocycles. The van der Waals surface area contributed by atoms with E-state index in [0.29, 0.717) is 5.02 Å². The molecule has 1 saturated heterocycles. The van der Waals surface area contributed by atoms with Crippen molar-refractivity contribution in [2.24, 2.45) is 0 Å². The van der Waals surface area contributed by atoms with Gasteiger partial charge in [-0.05, 0) is 32.5 Å². The van der Waals surface area contributed by atoms with E-state index >= 15 is 0 Å². The molecule has 6 heteroatoms. The number of likely N-dealkylation sites (tertiary alicyclic amines) is 1. The van der Waals surface area contributed by atoms with Gasteiger partial charge in [-0.2, -0.15) is 0 Å². The van der Waals surface area contributed by atoms with Crippen molar-refractivity contribution in [1.82, 2.24) is 9.47 Å². The van der Waals surface area contributed by atoms with Crippen molar-refractivity contribution in [3.63, 3.8) is 0 Å². The molecule has 1 amide bonds. The molecular weight excluding hydrogens is 266 g/mol. The number of hydrogen-bond donors (Lipinski definition) is 1. The maximum absolute atomic E-state index is 12.3. The zero-order valence-corrected chi connectivity index (χ0v) is 11.9. The molecule has 1 aliphatic heterocycles. The van der Waals surface area contributed by atoms with Crippen LogP contribution in [-0.2, 0) is 4.79 Å². The van der Waals surface area contributed by atoms with Gasteiger partial charge in [0, 0.05) is 25.7 Å². The standard InChI is InChI=1S/C13H18ClN3O2/c1-9(18)15-12-6-10(14)7-17(13(12)19)11-4-3-5-16(2)8-11/h6-7,11H,3-5,8H2,1-2H3,(H,15,18). The van der Waals surface area contributed by atoms with E-state index in [1.54, 1.807) is 10.8 Å². The highest BCUT2D eigenvalue weighted by molar-refractivity contribution is 6.30. The second-order valence-corrected chi connectivity index (χ2v) is 5.46. The monoisotopic (exact) mass is 283 g/mol. The van der Waals surface area contributed by atoms with Crippen LogP contribution in [0.25, 0.3) is 0 Å². The summed E-state index contributed by atoms with van der Waals surface area (Å²) in [5, 5.41) is 2.99. The Kier molecular flexibility index (Phi) is 4.27. The quantitative estimate of drug-likeness (QED) is 0.899. The normalized spacial score (nSPS) is 20.3. The summed E-state index contributed by atoms with van der Waals surface area (Å²) < 4.78 is 1.64. The van der Waals surface area contributed by atoms with Crippen LogP contribution in [0.2, 0.25) is 5.02 Å². The van der Waals surface area contributed by atoms with Crippen LogP contribution >= 0.6 is 11.6 Å². The molecule has 1 aromatic rings. The average molecular weight is 284 g/mol. The lowest BCUT2D eigenvalue weighted by Gasteiger charge is -2.31. The largest absolute Gasteiger partial charge is 0.322 e. The summed E-state index contributed by atoms with van der Waals surface area (Å²) in [5.74, 6) is -0.272. The minimum Gasteiger partial charge on any atom is -0.322 e. The Bertz CT molecular complexity index is 541. The number of hydrogen-bond acceptors (Lipinski definition) is 3. The molecule has 1 aliphatic rings. The molecular formula is C13H18ClN3O2.